The molecule has 0 fully saturated rings. The van der Waals surface area contributed by atoms with Crippen LogP contribution >= 0.6 is 0 Å². The van der Waals surface area contributed by atoms with Crippen molar-refractivity contribution >= 4 is 0 Å². The molecule has 2 aromatic carbocycles. The van der Waals surface area contributed by atoms with Gasteiger partial charge in [0.25, 0.3) is 0 Å². The molecule has 0 saturated heterocycles. The monoisotopic (exact) mass is 256 g/mol. The van der Waals surface area contributed by atoms with Crippen molar-refractivity contribution in [1.82, 2.24) is 0 Å². The largest absolute Gasteiger partial charge is 0.573 e. The maximum atomic E-state index is 12.7. The first-order valence-corrected chi connectivity index (χ1v) is 5.06. The summed E-state index contributed by atoms with van der Waals surface area (Å²) in [4.78, 5) is 0. The third-order valence-electron chi connectivity index (χ3n) is 2.25. The number of ether oxygens (including phenoxy) is 1. The van der Waals surface area contributed by atoms with Crippen LogP contribution in [0.15, 0.2) is 48.5 Å². The Balaban J connectivity index is 2.29. The Labute approximate surface area is 101 Å². The zero-order valence-corrected chi connectivity index (χ0v) is 9.04. The first-order chi connectivity index (χ1) is 8.44. The van der Waals surface area contributed by atoms with Gasteiger partial charge in [0.05, 0.1) is 0 Å². The fraction of sp³-hybridized carbons (Fsp3) is 0.0769. The van der Waals surface area contributed by atoms with Crippen LogP contribution in [0.1, 0.15) is 0 Å². The van der Waals surface area contributed by atoms with Crippen LogP contribution in [-0.4, -0.2) is 6.36 Å². The molecular weight excluding hydrogens is 248 g/mol. The van der Waals surface area contributed by atoms with Crippen molar-refractivity contribution in [2.45, 2.75) is 6.36 Å². The molecule has 0 amide bonds. The lowest BCUT2D eigenvalue weighted by Gasteiger charge is -2.10. The molecule has 0 aromatic heterocycles. The molecule has 1 nitrogen and oxygen atoms in total. The van der Waals surface area contributed by atoms with E-state index < -0.39 is 12.2 Å². The van der Waals surface area contributed by atoms with Crippen LogP contribution in [0.25, 0.3) is 11.1 Å². The van der Waals surface area contributed by atoms with Gasteiger partial charge in [-0.3, -0.25) is 0 Å². The molecule has 2 rings (SSSR count). The van der Waals surface area contributed by atoms with Gasteiger partial charge in [-0.15, -0.1) is 13.2 Å². The van der Waals surface area contributed by atoms with Gasteiger partial charge in [0.15, 0.2) is 0 Å². The summed E-state index contributed by atoms with van der Waals surface area (Å²) in [5.41, 5.74) is 1.14. The predicted octanol–water partition coefficient (Wildman–Crippen LogP) is 4.39. The second-order valence-corrected chi connectivity index (χ2v) is 3.58. The van der Waals surface area contributed by atoms with Crippen molar-refractivity contribution in [3.63, 3.8) is 0 Å². The third kappa shape index (κ3) is 3.23. The Bertz CT molecular complexity index is 531. The van der Waals surface area contributed by atoms with E-state index in [0.717, 1.165) is 0 Å². The Morgan fingerprint density at radius 3 is 2.11 bits per heavy atom. The van der Waals surface area contributed by atoms with Gasteiger partial charge >= 0.3 is 6.36 Å². The van der Waals surface area contributed by atoms with Crippen LogP contribution in [0, 0.1) is 5.82 Å². The van der Waals surface area contributed by atoms with Crippen molar-refractivity contribution in [1.29, 1.82) is 0 Å². The SMILES string of the molecule is Fc1ccc(-c2cccc(OC(F)(F)F)c2)cc1. The molecule has 2 aromatic rings. The highest BCUT2D eigenvalue weighted by Crippen LogP contribution is 2.27. The maximum Gasteiger partial charge on any atom is 0.573 e. The zero-order valence-electron chi connectivity index (χ0n) is 9.04. The minimum atomic E-state index is -4.72. The summed E-state index contributed by atoms with van der Waals surface area (Å²) in [5.74, 6) is -0.703. The van der Waals surface area contributed by atoms with Crippen LogP contribution in [0.5, 0.6) is 5.75 Å². The second-order valence-electron chi connectivity index (χ2n) is 3.58. The number of hydrogen-bond acceptors (Lipinski definition) is 1. The highest BCUT2D eigenvalue weighted by molar-refractivity contribution is 5.64. The normalized spacial score (nSPS) is 11.3. The molecule has 0 bridgehead atoms. The number of benzene rings is 2. The van der Waals surface area contributed by atoms with Gasteiger partial charge in [-0.25, -0.2) is 4.39 Å². The molecule has 0 radical (unpaired) electrons. The molecule has 0 atom stereocenters. The average Bonchev–Trinajstić information content (AvgIpc) is 2.28. The van der Waals surface area contributed by atoms with Gasteiger partial charge in [-0.1, -0.05) is 24.3 Å². The Kier molecular flexibility index (Phi) is 3.23. The number of halogens is 4. The highest BCUT2D eigenvalue weighted by atomic mass is 19.4. The zero-order chi connectivity index (χ0) is 13.2. The standard InChI is InChI=1S/C13H8F4O/c14-11-6-4-9(5-7-11)10-2-1-3-12(8-10)18-13(15,16)17/h1-8H. The van der Waals surface area contributed by atoms with E-state index in [1.807, 2.05) is 0 Å². The molecule has 0 saturated carbocycles. The van der Waals surface area contributed by atoms with E-state index in [2.05, 4.69) is 4.74 Å². The molecule has 0 aliphatic carbocycles. The maximum absolute atomic E-state index is 12.7. The second kappa shape index (κ2) is 4.68. The smallest absolute Gasteiger partial charge is 0.406 e. The lowest BCUT2D eigenvalue weighted by atomic mass is 10.1. The molecule has 0 spiro atoms. The van der Waals surface area contributed by atoms with E-state index in [1.165, 1.54) is 42.5 Å². The van der Waals surface area contributed by atoms with Gasteiger partial charge in [-0.2, -0.15) is 0 Å². The van der Waals surface area contributed by atoms with Gasteiger partial charge in [0.1, 0.15) is 11.6 Å². The average molecular weight is 256 g/mol. The number of rotatable bonds is 2. The Hall–Kier alpha value is -2.04. The molecule has 0 aliphatic rings. The lowest BCUT2D eigenvalue weighted by molar-refractivity contribution is -0.274. The van der Waals surface area contributed by atoms with E-state index >= 15 is 0 Å². The minimum Gasteiger partial charge on any atom is -0.406 e. The van der Waals surface area contributed by atoms with E-state index in [4.69, 9.17) is 0 Å². The number of hydrogen-bond donors (Lipinski definition) is 0. The summed E-state index contributed by atoms with van der Waals surface area (Å²) in [6.45, 7) is 0. The summed E-state index contributed by atoms with van der Waals surface area (Å²) >= 11 is 0. The molecule has 18 heavy (non-hydrogen) atoms. The third-order valence-corrected chi connectivity index (χ3v) is 2.25. The summed E-state index contributed by atoms with van der Waals surface area (Å²) < 4.78 is 52.7. The molecular formula is C13H8F4O. The summed E-state index contributed by atoms with van der Waals surface area (Å²) in [6.07, 6.45) is -4.72. The molecule has 0 heterocycles. The lowest BCUT2D eigenvalue weighted by Crippen LogP contribution is -2.17. The first-order valence-electron chi connectivity index (χ1n) is 5.06. The quantitative estimate of drug-likeness (QED) is 0.724. The van der Waals surface area contributed by atoms with Crippen LogP contribution in [0.4, 0.5) is 17.6 Å². The summed E-state index contributed by atoms with van der Waals surface area (Å²) in [7, 11) is 0. The van der Waals surface area contributed by atoms with Gasteiger partial charge in [0, 0.05) is 0 Å². The van der Waals surface area contributed by atoms with Gasteiger partial charge < -0.3 is 4.74 Å². The highest BCUT2D eigenvalue weighted by Gasteiger charge is 2.31. The van der Waals surface area contributed by atoms with Crippen LogP contribution in [-0.2, 0) is 0 Å². The van der Waals surface area contributed by atoms with E-state index in [1.54, 1.807) is 6.07 Å². The molecule has 0 unspecified atom stereocenters. The van der Waals surface area contributed by atoms with E-state index in [9.17, 15) is 17.6 Å². The van der Waals surface area contributed by atoms with Crippen LogP contribution in [0.2, 0.25) is 0 Å². The van der Waals surface area contributed by atoms with Gasteiger partial charge in [0.2, 0.25) is 0 Å². The Morgan fingerprint density at radius 2 is 1.50 bits per heavy atom. The van der Waals surface area contributed by atoms with Crippen molar-refractivity contribution < 1.29 is 22.3 Å². The van der Waals surface area contributed by atoms with Crippen molar-refractivity contribution in [3.05, 3.63) is 54.3 Å². The Morgan fingerprint density at radius 1 is 0.833 bits per heavy atom. The number of alkyl halides is 3. The predicted molar refractivity (Wildman–Crippen MR) is 58.5 cm³/mol. The topological polar surface area (TPSA) is 9.23 Å². The molecule has 0 aliphatic heterocycles. The van der Waals surface area contributed by atoms with Crippen molar-refractivity contribution in [2.75, 3.05) is 0 Å². The van der Waals surface area contributed by atoms with Crippen molar-refractivity contribution in [3.8, 4) is 16.9 Å². The first kappa shape index (κ1) is 12.4. The summed E-state index contributed by atoms with van der Waals surface area (Å²) in [5, 5.41) is 0. The van der Waals surface area contributed by atoms with Crippen LogP contribution < -0.4 is 4.74 Å². The fourth-order valence-electron chi connectivity index (χ4n) is 1.52. The molecule has 0 N–H and O–H groups in total. The van der Waals surface area contributed by atoms with E-state index in [-0.39, 0.29) is 5.75 Å². The van der Waals surface area contributed by atoms with E-state index in [0.29, 0.717) is 11.1 Å². The molecule has 5 heteroatoms. The van der Waals surface area contributed by atoms with Crippen molar-refractivity contribution in [2.24, 2.45) is 0 Å². The van der Waals surface area contributed by atoms with Crippen LogP contribution in [0.3, 0.4) is 0 Å². The molecule has 94 valence electrons. The van der Waals surface area contributed by atoms with Gasteiger partial charge in [-0.05, 0) is 35.4 Å². The minimum absolute atomic E-state index is 0.302. The summed E-state index contributed by atoms with van der Waals surface area (Å²) in [6, 6.07) is 11.0. The fourth-order valence-corrected chi connectivity index (χ4v) is 1.52.